The standard InChI is InChI=1S/C25H23BrN4O4/c1-4-12-34-24(31)21-15(2)27-25(32)28-23(21)18-14-30(17-8-6-5-7-9-17)29-22(18)16-10-11-20(33-3)19(26)13-16/h4-11,13-14,23H,1,12H2,2-3H3,(H2,27,28,32)/t23-/m1/s1. The summed E-state index contributed by atoms with van der Waals surface area (Å²) in [6.07, 6.45) is 3.30. The molecule has 0 spiro atoms. The second-order valence-electron chi connectivity index (χ2n) is 7.52. The lowest BCUT2D eigenvalue weighted by atomic mass is 9.94. The van der Waals surface area contributed by atoms with E-state index >= 15 is 0 Å². The maximum absolute atomic E-state index is 12.9. The van der Waals surface area contributed by atoms with Crippen molar-refractivity contribution in [3.05, 3.63) is 88.7 Å². The molecule has 9 heteroatoms. The summed E-state index contributed by atoms with van der Waals surface area (Å²) in [4.78, 5) is 25.4. The molecule has 1 aromatic heterocycles. The molecule has 1 atom stereocenters. The fourth-order valence-corrected chi connectivity index (χ4v) is 4.30. The number of allylic oxidation sites excluding steroid dienone is 1. The van der Waals surface area contributed by atoms with Crippen molar-refractivity contribution in [3.8, 4) is 22.7 Å². The molecule has 174 valence electrons. The smallest absolute Gasteiger partial charge is 0.338 e. The van der Waals surface area contributed by atoms with E-state index in [2.05, 4.69) is 33.1 Å². The third-order valence-electron chi connectivity index (χ3n) is 5.32. The van der Waals surface area contributed by atoms with Crippen LogP contribution in [0, 0.1) is 0 Å². The Bertz CT molecular complexity index is 1280. The van der Waals surface area contributed by atoms with Gasteiger partial charge in [-0.15, -0.1) is 0 Å². The van der Waals surface area contributed by atoms with Gasteiger partial charge >= 0.3 is 12.0 Å². The minimum absolute atomic E-state index is 0.0534. The molecule has 1 aliphatic rings. The van der Waals surface area contributed by atoms with Gasteiger partial charge in [0.05, 0.1) is 34.6 Å². The van der Waals surface area contributed by atoms with E-state index in [-0.39, 0.29) is 6.61 Å². The lowest BCUT2D eigenvalue weighted by Gasteiger charge is -2.27. The predicted molar refractivity (Wildman–Crippen MR) is 132 cm³/mol. The van der Waals surface area contributed by atoms with E-state index in [4.69, 9.17) is 14.6 Å². The normalized spacial score (nSPS) is 15.4. The number of rotatable bonds is 7. The molecule has 0 unspecified atom stereocenters. The SMILES string of the molecule is C=CCOC(=O)C1=C(C)NC(=O)N[C@@H]1c1cn(-c2ccccc2)nc1-c1ccc(OC)c(Br)c1. The Hall–Kier alpha value is -3.85. The van der Waals surface area contributed by atoms with E-state index < -0.39 is 18.0 Å². The van der Waals surface area contributed by atoms with Crippen LogP contribution in [0.25, 0.3) is 16.9 Å². The molecular weight excluding hydrogens is 500 g/mol. The zero-order chi connectivity index (χ0) is 24.2. The topological polar surface area (TPSA) is 94.5 Å². The van der Waals surface area contributed by atoms with Crippen LogP contribution in [0.5, 0.6) is 5.75 Å². The molecule has 0 radical (unpaired) electrons. The summed E-state index contributed by atoms with van der Waals surface area (Å²) in [5, 5.41) is 10.3. The summed E-state index contributed by atoms with van der Waals surface area (Å²) >= 11 is 3.53. The van der Waals surface area contributed by atoms with Crippen LogP contribution in [0.4, 0.5) is 4.79 Å². The number of methoxy groups -OCH3 is 1. The highest BCUT2D eigenvalue weighted by atomic mass is 79.9. The summed E-state index contributed by atoms with van der Waals surface area (Å²) in [6.45, 7) is 5.31. The Kier molecular flexibility index (Phi) is 6.83. The van der Waals surface area contributed by atoms with Crippen LogP contribution in [0.15, 0.2) is 83.1 Å². The molecule has 1 aliphatic heterocycles. The minimum Gasteiger partial charge on any atom is -0.496 e. The van der Waals surface area contributed by atoms with Crippen molar-refractivity contribution in [3.63, 3.8) is 0 Å². The number of hydrogen-bond acceptors (Lipinski definition) is 5. The molecule has 4 rings (SSSR count). The fourth-order valence-electron chi connectivity index (χ4n) is 3.76. The number of para-hydroxylation sites is 1. The molecule has 0 bridgehead atoms. The Morgan fingerprint density at radius 3 is 2.71 bits per heavy atom. The number of urea groups is 1. The molecular formula is C25H23BrN4O4. The second-order valence-corrected chi connectivity index (χ2v) is 8.37. The molecule has 0 fully saturated rings. The van der Waals surface area contributed by atoms with Gasteiger partial charge in [0, 0.05) is 23.0 Å². The lowest BCUT2D eigenvalue weighted by Crippen LogP contribution is -2.45. The summed E-state index contributed by atoms with van der Waals surface area (Å²) in [5.41, 5.74) is 3.56. The van der Waals surface area contributed by atoms with Gasteiger partial charge < -0.3 is 20.1 Å². The average molecular weight is 523 g/mol. The first-order valence-corrected chi connectivity index (χ1v) is 11.3. The van der Waals surface area contributed by atoms with Crippen molar-refractivity contribution in [2.45, 2.75) is 13.0 Å². The number of esters is 1. The van der Waals surface area contributed by atoms with Crippen molar-refractivity contribution in [2.75, 3.05) is 13.7 Å². The Morgan fingerprint density at radius 2 is 2.03 bits per heavy atom. The van der Waals surface area contributed by atoms with E-state index in [0.717, 1.165) is 15.7 Å². The van der Waals surface area contributed by atoms with Crippen LogP contribution in [0.3, 0.4) is 0 Å². The molecule has 0 saturated heterocycles. The fraction of sp³-hybridized carbons (Fsp3) is 0.160. The van der Waals surface area contributed by atoms with Gasteiger partial charge in [0.25, 0.3) is 0 Å². The summed E-state index contributed by atoms with van der Waals surface area (Å²) in [6, 6.07) is 14.0. The van der Waals surface area contributed by atoms with Crippen molar-refractivity contribution < 1.29 is 19.1 Å². The van der Waals surface area contributed by atoms with Gasteiger partial charge in [0.15, 0.2) is 0 Å². The van der Waals surface area contributed by atoms with E-state index in [9.17, 15) is 9.59 Å². The third kappa shape index (κ3) is 4.60. The Balaban J connectivity index is 1.89. The molecule has 2 N–H and O–H groups in total. The molecule has 2 aromatic carbocycles. The first-order chi connectivity index (χ1) is 16.4. The van der Waals surface area contributed by atoms with Crippen LogP contribution in [0.2, 0.25) is 0 Å². The van der Waals surface area contributed by atoms with Crippen molar-refractivity contribution in [1.82, 2.24) is 20.4 Å². The van der Waals surface area contributed by atoms with E-state index in [1.54, 1.807) is 18.7 Å². The van der Waals surface area contributed by atoms with Crippen molar-refractivity contribution >= 4 is 27.9 Å². The quantitative estimate of drug-likeness (QED) is 0.347. The van der Waals surface area contributed by atoms with Crippen LogP contribution in [-0.2, 0) is 9.53 Å². The number of hydrogen-bond donors (Lipinski definition) is 2. The van der Waals surface area contributed by atoms with E-state index in [0.29, 0.717) is 28.3 Å². The van der Waals surface area contributed by atoms with Crippen molar-refractivity contribution in [1.29, 1.82) is 0 Å². The molecule has 2 heterocycles. The number of nitrogens with zero attached hydrogens (tertiary/aromatic N) is 2. The highest BCUT2D eigenvalue weighted by molar-refractivity contribution is 9.10. The number of nitrogens with one attached hydrogen (secondary N) is 2. The highest BCUT2D eigenvalue weighted by Gasteiger charge is 2.35. The van der Waals surface area contributed by atoms with Crippen LogP contribution < -0.4 is 15.4 Å². The summed E-state index contributed by atoms with van der Waals surface area (Å²) in [5.74, 6) is 0.122. The summed E-state index contributed by atoms with van der Waals surface area (Å²) < 4.78 is 13.1. The van der Waals surface area contributed by atoms with Gasteiger partial charge in [-0.05, 0) is 53.2 Å². The van der Waals surface area contributed by atoms with Gasteiger partial charge in [-0.25, -0.2) is 14.3 Å². The number of amides is 2. The van der Waals surface area contributed by atoms with Gasteiger partial charge in [-0.3, -0.25) is 0 Å². The van der Waals surface area contributed by atoms with E-state index in [1.807, 2.05) is 54.7 Å². The predicted octanol–water partition coefficient (Wildman–Crippen LogP) is 4.67. The number of halogens is 1. The third-order valence-corrected chi connectivity index (χ3v) is 5.94. The highest BCUT2D eigenvalue weighted by Crippen LogP contribution is 2.37. The maximum atomic E-state index is 12.9. The average Bonchev–Trinajstić information content (AvgIpc) is 3.28. The van der Waals surface area contributed by atoms with Crippen LogP contribution in [-0.4, -0.2) is 35.5 Å². The number of carbonyl (C=O) groups excluding carboxylic acids is 2. The largest absolute Gasteiger partial charge is 0.496 e. The number of benzene rings is 2. The van der Waals surface area contributed by atoms with E-state index in [1.165, 1.54) is 6.08 Å². The second kappa shape index (κ2) is 9.96. The number of carbonyl (C=O) groups is 2. The van der Waals surface area contributed by atoms with Crippen LogP contribution in [0.1, 0.15) is 18.5 Å². The number of aromatic nitrogens is 2. The first-order valence-electron chi connectivity index (χ1n) is 10.5. The first kappa shape index (κ1) is 23.3. The lowest BCUT2D eigenvalue weighted by molar-refractivity contribution is -0.138. The monoisotopic (exact) mass is 522 g/mol. The van der Waals surface area contributed by atoms with Gasteiger partial charge in [-0.2, -0.15) is 5.10 Å². The van der Waals surface area contributed by atoms with Gasteiger partial charge in [-0.1, -0.05) is 30.9 Å². The zero-order valence-electron chi connectivity index (χ0n) is 18.7. The molecule has 8 nitrogen and oxygen atoms in total. The Labute approximate surface area is 205 Å². The van der Waals surface area contributed by atoms with Gasteiger partial charge in [0.1, 0.15) is 12.4 Å². The number of ether oxygens (including phenoxy) is 2. The molecule has 0 aliphatic carbocycles. The molecule has 3 aromatic rings. The maximum Gasteiger partial charge on any atom is 0.338 e. The molecule has 0 saturated carbocycles. The van der Waals surface area contributed by atoms with Crippen molar-refractivity contribution in [2.24, 2.45) is 0 Å². The summed E-state index contributed by atoms with van der Waals surface area (Å²) in [7, 11) is 1.59. The molecule has 34 heavy (non-hydrogen) atoms. The van der Waals surface area contributed by atoms with Crippen LogP contribution >= 0.6 is 15.9 Å². The molecule has 2 amide bonds. The Morgan fingerprint density at radius 1 is 1.26 bits per heavy atom. The van der Waals surface area contributed by atoms with Gasteiger partial charge in [0.2, 0.25) is 0 Å². The zero-order valence-corrected chi connectivity index (χ0v) is 20.3. The minimum atomic E-state index is -0.778.